The van der Waals surface area contributed by atoms with Crippen molar-refractivity contribution in [1.82, 2.24) is 8.97 Å². The van der Waals surface area contributed by atoms with E-state index in [9.17, 15) is 9.59 Å². The summed E-state index contributed by atoms with van der Waals surface area (Å²) in [6, 6.07) is 4.08. The van der Waals surface area contributed by atoms with Crippen LogP contribution in [-0.2, 0) is 0 Å². The fourth-order valence-electron chi connectivity index (χ4n) is 2.68. The first-order valence-corrected chi connectivity index (χ1v) is 6.85. The van der Waals surface area contributed by atoms with Crippen molar-refractivity contribution in [3.63, 3.8) is 0 Å². The van der Waals surface area contributed by atoms with Crippen LogP contribution in [0.5, 0.6) is 0 Å². The molecule has 8 heteroatoms. The number of urea groups is 2. The third-order valence-corrected chi connectivity index (χ3v) is 4.02. The minimum atomic E-state index is -0.603. The van der Waals surface area contributed by atoms with E-state index in [0.29, 0.717) is 11.4 Å². The lowest BCUT2D eigenvalue weighted by atomic mass is 10.1. The topological polar surface area (TPSA) is 111 Å². The van der Waals surface area contributed by atoms with Crippen molar-refractivity contribution in [2.24, 2.45) is 21.5 Å². The Balaban J connectivity index is 2.22. The molecule has 0 aliphatic carbocycles. The summed E-state index contributed by atoms with van der Waals surface area (Å²) < 4.78 is -0.702. The standard InChI is InChI=1S/C15H14N6O2/c1-11-2-3-12(20(14(16)22)6-4-18-9-20)8-13(11)21(15(17)23)7-5-19-10-21/h2-10H,1H3,(H2-2,16,17,22,23)/p+2. The second-order valence-electron chi connectivity index (χ2n) is 5.33. The van der Waals surface area contributed by atoms with Crippen molar-refractivity contribution in [3.05, 3.63) is 48.6 Å². The Bertz CT molecular complexity index is 797. The largest absolute Gasteiger partial charge is 0.429 e. The molecule has 2 aliphatic heterocycles. The highest BCUT2D eigenvalue weighted by Gasteiger charge is 2.42. The maximum absolute atomic E-state index is 12.0. The van der Waals surface area contributed by atoms with Gasteiger partial charge in [0.25, 0.3) is 0 Å². The van der Waals surface area contributed by atoms with Crippen LogP contribution >= 0.6 is 0 Å². The lowest BCUT2D eigenvalue weighted by Gasteiger charge is -2.26. The normalized spacial score (nSPS) is 27.7. The van der Waals surface area contributed by atoms with Crippen LogP contribution in [0, 0.1) is 6.92 Å². The van der Waals surface area contributed by atoms with Crippen LogP contribution < -0.4 is 20.4 Å². The fraction of sp³-hybridized carbons (Fsp3) is 0.0667. The minimum Gasteiger partial charge on any atom is -0.318 e. The molecule has 0 bridgehead atoms. The molecule has 23 heavy (non-hydrogen) atoms. The summed E-state index contributed by atoms with van der Waals surface area (Å²) in [4.78, 5) is 32.0. The van der Waals surface area contributed by atoms with Crippen LogP contribution in [0.25, 0.3) is 0 Å². The maximum Gasteiger partial charge on any atom is 0.429 e. The van der Waals surface area contributed by atoms with Crippen LogP contribution in [0.15, 0.2) is 53.0 Å². The predicted octanol–water partition coefficient (Wildman–Crippen LogP) is 1.79. The number of hydrogen-bond acceptors (Lipinski definition) is 4. The van der Waals surface area contributed by atoms with Gasteiger partial charge in [-0.05, 0) is 13.0 Å². The van der Waals surface area contributed by atoms with Gasteiger partial charge in [-0.2, -0.15) is 0 Å². The monoisotopic (exact) mass is 312 g/mol. The van der Waals surface area contributed by atoms with Gasteiger partial charge in [0.05, 0.1) is 18.5 Å². The Morgan fingerprint density at radius 1 is 0.957 bits per heavy atom. The van der Waals surface area contributed by atoms with Crippen molar-refractivity contribution >= 4 is 36.1 Å². The van der Waals surface area contributed by atoms with Gasteiger partial charge in [0.15, 0.2) is 11.4 Å². The summed E-state index contributed by atoms with van der Waals surface area (Å²) >= 11 is 0. The van der Waals surface area contributed by atoms with E-state index in [4.69, 9.17) is 11.5 Å². The lowest BCUT2D eigenvalue weighted by Crippen LogP contribution is -2.52. The lowest BCUT2D eigenvalue weighted by molar-refractivity contribution is 0.239. The average Bonchev–Trinajstić information content (AvgIpc) is 3.18. The van der Waals surface area contributed by atoms with E-state index in [1.807, 2.05) is 6.92 Å². The molecular weight excluding hydrogens is 296 g/mol. The second-order valence-corrected chi connectivity index (χ2v) is 5.33. The summed E-state index contributed by atoms with van der Waals surface area (Å²) in [6.07, 6.45) is 9.03. The highest BCUT2D eigenvalue weighted by atomic mass is 16.2. The number of nitrogens with two attached hydrogens (primary N) is 2. The first kappa shape index (κ1) is 14.8. The zero-order valence-electron chi connectivity index (χ0n) is 12.5. The maximum atomic E-state index is 12.0. The Kier molecular flexibility index (Phi) is 3.20. The number of carbonyl (C=O) groups is 2. The molecule has 0 saturated heterocycles. The quantitative estimate of drug-likeness (QED) is 0.811. The van der Waals surface area contributed by atoms with Crippen molar-refractivity contribution in [2.75, 3.05) is 0 Å². The molecule has 4 amide bonds. The van der Waals surface area contributed by atoms with E-state index in [0.717, 1.165) is 5.56 Å². The zero-order valence-corrected chi connectivity index (χ0v) is 12.5. The SMILES string of the molecule is Cc1ccc([N+]2(C(N)=O)C=CN=C2)cc1[N+]1(C(N)=O)C=CN=C1. The number of hydrogen-bond donors (Lipinski definition) is 2. The van der Waals surface area contributed by atoms with Crippen LogP contribution in [0.2, 0.25) is 0 Å². The molecule has 2 heterocycles. The van der Waals surface area contributed by atoms with Gasteiger partial charge in [-0.3, -0.25) is 0 Å². The Hall–Kier alpha value is -3.10. The van der Waals surface area contributed by atoms with Crippen LogP contribution in [0.4, 0.5) is 21.0 Å². The van der Waals surface area contributed by atoms with Gasteiger partial charge in [-0.15, -0.1) is 8.97 Å². The number of amides is 4. The molecule has 0 aromatic heterocycles. The number of rotatable bonds is 2. The molecule has 1 aromatic carbocycles. The van der Waals surface area contributed by atoms with E-state index in [1.54, 1.807) is 30.6 Å². The molecule has 8 nitrogen and oxygen atoms in total. The number of aryl methyl sites for hydroxylation is 1. The van der Waals surface area contributed by atoms with E-state index < -0.39 is 12.1 Å². The first-order valence-electron chi connectivity index (χ1n) is 6.85. The van der Waals surface area contributed by atoms with E-state index >= 15 is 0 Å². The summed E-state index contributed by atoms with van der Waals surface area (Å²) in [5.74, 6) is 0. The van der Waals surface area contributed by atoms with E-state index in [2.05, 4.69) is 9.98 Å². The Morgan fingerprint density at radius 2 is 1.52 bits per heavy atom. The molecule has 2 atom stereocenters. The molecule has 116 valence electrons. The average molecular weight is 312 g/mol. The Labute approximate surface area is 132 Å². The Morgan fingerprint density at radius 3 is 2.00 bits per heavy atom. The molecule has 0 spiro atoms. The molecule has 4 N–H and O–H groups in total. The molecule has 3 rings (SSSR count). The molecular formula is C15H16N6O2+2. The number of aliphatic imine (C=N–C) groups is 2. The number of benzene rings is 1. The molecule has 1 aromatic rings. The summed E-state index contributed by atoms with van der Waals surface area (Å²) in [7, 11) is 0. The highest BCUT2D eigenvalue weighted by Crippen LogP contribution is 2.35. The van der Waals surface area contributed by atoms with Crippen molar-refractivity contribution in [1.29, 1.82) is 0 Å². The molecule has 0 saturated carbocycles. The number of primary amides is 2. The second kappa shape index (κ2) is 4.97. The number of quaternary nitrogens is 2. The van der Waals surface area contributed by atoms with Gasteiger partial charge in [-0.25, -0.2) is 19.6 Å². The van der Waals surface area contributed by atoms with Crippen molar-refractivity contribution in [3.8, 4) is 0 Å². The van der Waals surface area contributed by atoms with Crippen LogP contribution in [0.1, 0.15) is 5.56 Å². The van der Waals surface area contributed by atoms with Gasteiger partial charge < -0.3 is 11.5 Å². The summed E-state index contributed by atoms with van der Waals surface area (Å²) in [5.41, 5.74) is 13.1. The fourth-order valence-corrected chi connectivity index (χ4v) is 2.68. The van der Waals surface area contributed by atoms with Crippen LogP contribution in [0.3, 0.4) is 0 Å². The van der Waals surface area contributed by atoms with Crippen molar-refractivity contribution in [2.45, 2.75) is 6.92 Å². The highest BCUT2D eigenvalue weighted by molar-refractivity contribution is 6.07. The van der Waals surface area contributed by atoms with Gasteiger partial charge in [0.1, 0.15) is 12.4 Å². The molecule has 2 aliphatic rings. The van der Waals surface area contributed by atoms with Crippen molar-refractivity contribution < 1.29 is 9.59 Å². The number of carbonyl (C=O) groups excluding carboxylic acids is 2. The summed E-state index contributed by atoms with van der Waals surface area (Å²) in [6.45, 7) is 1.85. The van der Waals surface area contributed by atoms with E-state index in [-0.39, 0.29) is 8.97 Å². The zero-order chi connectivity index (χ0) is 16.7. The van der Waals surface area contributed by atoms with E-state index in [1.165, 1.54) is 25.1 Å². The summed E-state index contributed by atoms with van der Waals surface area (Å²) in [5, 5.41) is 0. The smallest absolute Gasteiger partial charge is 0.318 e. The molecule has 2 unspecified atom stereocenters. The minimum absolute atomic E-state index is 0.348. The molecule has 0 radical (unpaired) electrons. The molecule has 0 fully saturated rings. The van der Waals surface area contributed by atoms with Gasteiger partial charge in [0.2, 0.25) is 12.7 Å². The van der Waals surface area contributed by atoms with Crippen LogP contribution in [-0.4, -0.2) is 24.7 Å². The third kappa shape index (κ3) is 2.00. The van der Waals surface area contributed by atoms with Gasteiger partial charge >= 0.3 is 12.1 Å². The van der Waals surface area contributed by atoms with Gasteiger partial charge in [0, 0.05) is 11.6 Å². The third-order valence-electron chi connectivity index (χ3n) is 4.02. The van der Waals surface area contributed by atoms with Gasteiger partial charge in [-0.1, -0.05) is 0 Å². The first-order chi connectivity index (χ1) is 10.9. The number of nitrogens with zero attached hydrogens (tertiary/aromatic N) is 4. The predicted molar refractivity (Wildman–Crippen MR) is 89.2 cm³/mol.